The van der Waals surface area contributed by atoms with Gasteiger partial charge in [-0.15, -0.1) is 0 Å². The Labute approximate surface area is 187 Å². The fourth-order valence-electron chi connectivity index (χ4n) is 4.07. The van der Waals surface area contributed by atoms with Crippen molar-refractivity contribution in [1.82, 2.24) is 5.32 Å². The summed E-state index contributed by atoms with van der Waals surface area (Å²) < 4.78 is 0. The van der Waals surface area contributed by atoms with Crippen molar-refractivity contribution in [1.29, 1.82) is 0 Å². The maximum absolute atomic E-state index is 13.4. The Morgan fingerprint density at radius 3 is 1.88 bits per heavy atom. The summed E-state index contributed by atoms with van der Waals surface area (Å²) >= 11 is 0. The lowest BCUT2D eigenvalue weighted by molar-refractivity contribution is -0.139. The molecule has 0 fully saturated rings. The highest BCUT2D eigenvalue weighted by atomic mass is 16.4. The summed E-state index contributed by atoms with van der Waals surface area (Å²) in [6, 6.07) is 24.3. The molecule has 0 unspecified atom stereocenters. The van der Waals surface area contributed by atoms with Gasteiger partial charge in [-0.25, -0.2) is 4.79 Å². The molecule has 0 aliphatic carbocycles. The highest BCUT2D eigenvalue weighted by Crippen LogP contribution is 2.29. The minimum atomic E-state index is -1.05. The van der Waals surface area contributed by atoms with Crippen LogP contribution >= 0.6 is 0 Å². The van der Waals surface area contributed by atoms with Gasteiger partial charge in [-0.3, -0.25) is 4.79 Å². The first-order chi connectivity index (χ1) is 15.2. The predicted octanol–water partition coefficient (Wildman–Crippen LogP) is 5.72. The van der Waals surface area contributed by atoms with Gasteiger partial charge in [0.1, 0.15) is 6.04 Å². The second-order valence-electron chi connectivity index (χ2n) is 9.21. The standard InChI is InChI=1S/C28H27NO3/c1-28(2,3)21-14-12-18(13-15-21)16-24(27(31)32)29-26(30)25-22-10-6-4-8-19(22)17-20-9-5-7-11-23(20)25/h4-15,17,24H,16H2,1-3H3,(H,29,30)(H,31,32)/t24-/m0/s1. The Balaban J connectivity index is 1.66. The molecule has 2 N–H and O–H groups in total. The Hall–Kier alpha value is -3.66. The molecule has 0 aliphatic heterocycles. The average Bonchev–Trinajstić information content (AvgIpc) is 2.76. The van der Waals surface area contributed by atoms with Gasteiger partial charge in [0.05, 0.1) is 5.56 Å². The molecular weight excluding hydrogens is 398 g/mol. The van der Waals surface area contributed by atoms with Gasteiger partial charge < -0.3 is 10.4 Å². The molecule has 0 heterocycles. The topological polar surface area (TPSA) is 66.4 Å². The van der Waals surface area contributed by atoms with Crippen LogP contribution in [0.1, 0.15) is 42.3 Å². The number of nitrogens with one attached hydrogen (secondary N) is 1. The molecule has 4 heteroatoms. The molecule has 162 valence electrons. The molecule has 4 nitrogen and oxygen atoms in total. The van der Waals surface area contributed by atoms with Crippen LogP contribution in [-0.4, -0.2) is 23.0 Å². The summed E-state index contributed by atoms with van der Waals surface area (Å²) in [7, 11) is 0. The van der Waals surface area contributed by atoms with E-state index in [0.717, 1.165) is 27.1 Å². The number of amides is 1. The third-order valence-corrected chi connectivity index (χ3v) is 5.86. The lowest BCUT2D eigenvalue weighted by Crippen LogP contribution is -2.42. The van der Waals surface area contributed by atoms with Gasteiger partial charge in [-0.05, 0) is 44.2 Å². The molecule has 0 bridgehead atoms. The minimum Gasteiger partial charge on any atom is -0.480 e. The number of carbonyl (C=O) groups is 2. The summed E-state index contributed by atoms with van der Waals surface area (Å²) in [5.74, 6) is -1.43. The van der Waals surface area contributed by atoms with Crippen molar-refractivity contribution < 1.29 is 14.7 Å². The number of fused-ring (bicyclic) bond motifs is 2. The number of hydrogen-bond acceptors (Lipinski definition) is 2. The molecule has 32 heavy (non-hydrogen) atoms. The average molecular weight is 426 g/mol. The van der Waals surface area contributed by atoms with E-state index in [-0.39, 0.29) is 17.7 Å². The van der Waals surface area contributed by atoms with E-state index in [1.54, 1.807) is 0 Å². The van der Waals surface area contributed by atoms with Crippen molar-refractivity contribution in [3.05, 3.63) is 95.6 Å². The van der Waals surface area contributed by atoms with Crippen LogP contribution in [0.3, 0.4) is 0 Å². The van der Waals surface area contributed by atoms with Gasteiger partial charge in [0.25, 0.3) is 5.91 Å². The van der Waals surface area contributed by atoms with E-state index < -0.39 is 12.0 Å². The second-order valence-corrected chi connectivity index (χ2v) is 9.21. The van der Waals surface area contributed by atoms with Gasteiger partial charge >= 0.3 is 5.97 Å². The summed E-state index contributed by atoms with van der Waals surface area (Å²) in [4.78, 5) is 25.4. The number of hydrogen-bond donors (Lipinski definition) is 2. The molecule has 1 amide bonds. The molecule has 0 aromatic heterocycles. The molecule has 4 aromatic rings. The molecule has 0 aliphatic rings. The minimum absolute atomic E-state index is 0.0222. The Morgan fingerprint density at radius 2 is 1.38 bits per heavy atom. The predicted molar refractivity (Wildman–Crippen MR) is 129 cm³/mol. The molecule has 0 spiro atoms. The van der Waals surface area contributed by atoms with Crippen molar-refractivity contribution in [2.24, 2.45) is 0 Å². The quantitative estimate of drug-likeness (QED) is 0.402. The number of benzene rings is 4. The number of carbonyl (C=O) groups excluding carboxylic acids is 1. The lowest BCUT2D eigenvalue weighted by Gasteiger charge is -2.20. The molecule has 0 saturated carbocycles. The van der Waals surface area contributed by atoms with E-state index in [1.165, 1.54) is 5.56 Å². The van der Waals surface area contributed by atoms with Crippen molar-refractivity contribution in [3.8, 4) is 0 Å². The molecule has 0 radical (unpaired) electrons. The maximum Gasteiger partial charge on any atom is 0.326 e. The van der Waals surface area contributed by atoms with Crippen molar-refractivity contribution in [2.45, 2.75) is 38.6 Å². The smallest absolute Gasteiger partial charge is 0.326 e. The van der Waals surface area contributed by atoms with Crippen LogP contribution in [0.5, 0.6) is 0 Å². The van der Waals surface area contributed by atoms with Crippen LogP contribution in [0.15, 0.2) is 78.9 Å². The van der Waals surface area contributed by atoms with E-state index in [0.29, 0.717) is 5.56 Å². The van der Waals surface area contributed by atoms with Crippen molar-refractivity contribution in [2.75, 3.05) is 0 Å². The van der Waals surface area contributed by atoms with Crippen LogP contribution in [0.25, 0.3) is 21.5 Å². The van der Waals surface area contributed by atoms with Crippen LogP contribution in [0.4, 0.5) is 0 Å². The van der Waals surface area contributed by atoms with E-state index in [9.17, 15) is 14.7 Å². The van der Waals surface area contributed by atoms with Gasteiger partial charge in [-0.2, -0.15) is 0 Å². The highest BCUT2D eigenvalue weighted by Gasteiger charge is 2.24. The van der Waals surface area contributed by atoms with E-state index in [2.05, 4.69) is 26.1 Å². The lowest BCUT2D eigenvalue weighted by atomic mass is 9.86. The zero-order chi connectivity index (χ0) is 22.9. The summed E-state index contributed by atoms with van der Waals surface area (Å²) in [5, 5.41) is 16.1. The van der Waals surface area contributed by atoms with Gasteiger partial charge in [0.15, 0.2) is 0 Å². The zero-order valence-electron chi connectivity index (χ0n) is 18.6. The van der Waals surface area contributed by atoms with E-state index >= 15 is 0 Å². The molecule has 4 rings (SSSR count). The fourth-order valence-corrected chi connectivity index (χ4v) is 4.07. The molecule has 0 saturated heterocycles. The fraction of sp³-hybridized carbons (Fsp3) is 0.214. The van der Waals surface area contributed by atoms with Gasteiger partial charge in [0.2, 0.25) is 0 Å². The van der Waals surface area contributed by atoms with Gasteiger partial charge in [0, 0.05) is 6.42 Å². The third-order valence-electron chi connectivity index (χ3n) is 5.86. The number of carboxylic acids is 1. The molecule has 4 aromatic carbocycles. The summed E-state index contributed by atoms with van der Waals surface area (Å²) in [6.07, 6.45) is 0.216. The molecule has 1 atom stereocenters. The highest BCUT2D eigenvalue weighted by molar-refractivity contribution is 6.18. The first-order valence-electron chi connectivity index (χ1n) is 10.8. The second kappa shape index (κ2) is 8.46. The Bertz CT molecular complexity index is 1250. The number of carboxylic acid groups (broad SMARTS) is 1. The van der Waals surface area contributed by atoms with E-state index in [4.69, 9.17) is 0 Å². The monoisotopic (exact) mass is 425 g/mol. The zero-order valence-corrected chi connectivity index (χ0v) is 18.6. The maximum atomic E-state index is 13.4. The number of rotatable bonds is 5. The van der Waals surface area contributed by atoms with Crippen LogP contribution in [0.2, 0.25) is 0 Å². The van der Waals surface area contributed by atoms with E-state index in [1.807, 2.05) is 78.9 Å². The van der Waals surface area contributed by atoms with Crippen molar-refractivity contribution >= 4 is 33.4 Å². The largest absolute Gasteiger partial charge is 0.480 e. The first kappa shape index (κ1) is 21.6. The Kier molecular flexibility index (Phi) is 5.70. The first-order valence-corrected chi connectivity index (χ1v) is 10.8. The summed E-state index contributed by atoms with van der Waals surface area (Å²) in [6.45, 7) is 6.41. The van der Waals surface area contributed by atoms with Crippen molar-refractivity contribution in [3.63, 3.8) is 0 Å². The normalized spacial score (nSPS) is 12.6. The third kappa shape index (κ3) is 4.35. The van der Waals surface area contributed by atoms with Crippen LogP contribution in [-0.2, 0) is 16.6 Å². The SMILES string of the molecule is CC(C)(C)c1ccc(C[C@H](NC(=O)c2c3ccccc3cc3ccccc23)C(=O)O)cc1. The number of aliphatic carboxylic acids is 1. The summed E-state index contributed by atoms with van der Waals surface area (Å²) in [5.41, 5.74) is 2.58. The van der Waals surface area contributed by atoms with Crippen LogP contribution in [0, 0.1) is 0 Å². The molecular formula is C28H27NO3. The van der Waals surface area contributed by atoms with Gasteiger partial charge in [-0.1, -0.05) is 93.6 Å². The Morgan fingerprint density at radius 1 is 0.844 bits per heavy atom. The van der Waals surface area contributed by atoms with Crippen LogP contribution < -0.4 is 5.32 Å².